The van der Waals surface area contributed by atoms with Crippen LogP contribution in [0.2, 0.25) is 5.02 Å². The van der Waals surface area contributed by atoms with Gasteiger partial charge in [0.05, 0.1) is 10.7 Å². The summed E-state index contributed by atoms with van der Waals surface area (Å²) in [6.45, 7) is 1.78. The lowest BCUT2D eigenvalue weighted by Gasteiger charge is -2.57. The van der Waals surface area contributed by atoms with E-state index in [2.05, 4.69) is 22.8 Å². The first kappa shape index (κ1) is 17.8. The topological polar surface area (TPSA) is 58.2 Å². The van der Waals surface area contributed by atoms with Crippen LogP contribution in [0.1, 0.15) is 57.4 Å². The highest BCUT2D eigenvalue weighted by Crippen LogP contribution is 2.60. The van der Waals surface area contributed by atoms with Crippen molar-refractivity contribution in [1.29, 1.82) is 0 Å². The number of carbonyl (C=O) groups is 2. The van der Waals surface area contributed by atoms with E-state index in [0.717, 1.165) is 17.8 Å². The van der Waals surface area contributed by atoms with Crippen LogP contribution in [-0.4, -0.2) is 18.4 Å². The van der Waals surface area contributed by atoms with Crippen molar-refractivity contribution in [3.8, 4) is 0 Å². The molecule has 2 amide bonds. The molecule has 4 saturated carbocycles. The van der Waals surface area contributed by atoms with Crippen molar-refractivity contribution in [2.75, 3.05) is 11.9 Å². The minimum absolute atomic E-state index is 0.129. The molecule has 4 aliphatic carbocycles. The van der Waals surface area contributed by atoms with E-state index in [1.807, 2.05) is 6.07 Å². The largest absolute Gasteiger partial charge is 0.356 e. The molecule has 0 unspecified atom stereocenters. The van der Waals surface area contributed by atoms with E-state index < -0.39 is 0 Å². The number of benzene rings is 1. The third-order valence-corrected chi connectivity index (χ3v) is 6.93. The van der Waals surface area contributed by atoms with Crippen molar-refractivity contribution < 1.29 is 9.59 Å². The van der Waals surface area contributed by atoms with Crippen LogP contribution in [-0.2, 0) is 15.0 Å². The van der Waals surface area contributed by atoms with Gasteiger partial charge in [0, 0.05) is 19.9 Å². The Kier molecular flexibility index (Phi) is 4.72. The second kappa shape index (κ2) is 6.88. The maximum absolute atomic E-state index is 12.0. The lowest BCUT2D eigenvalue weighted by Crippen LogP contribution is -2.48. The van der Waals surface area contributed by atoms with Crippen LogP contribution < -0.4 is 10.6 Å². The maximum atomic E-state index is 12.0. The molecule has 0 atom stereocenters. The van der Waals surface area contributed by atoms with Crippen molar-refractivity contribution >= 4 is 29.1 Å². The lowest BCUT2D eigenvalue weighted by atomic mass is 9.48. The van der Waals surface area contributed by atoms with E-state index in [0.29, 0.717) is 22.7 Å². The monoisotopic (exact) mass is 374 g/mol. The van der Waals surface area contributed by atoms with Gasteiger partial charge in [-0.25, -0.2) is 0 Å². The maximum Gasteiger partial charge on any atom is 0.226 e. The van der Waals surface area contributed by atoms with E-state index >= 15 is 0 Å². The molecule has 0 spiro atoms. The first-order valence-corrected chi connectivity index (χ1v) is 10.2. The van der Waals surface area contributed by atoms with E-state index in [1.54, 1.807) is 0 Å². The molecule has 1 aromatic rings. The van der Waals surface area contributed by atoms with Gasteiger partial charge in [-0.15, -0.1) is 0 Å². The van der Waals surface area contributed by atoms with Crippen LogP contribution in [0.4, 0.5) is 5.69 Å². The molecule has 2 N–H and O–H groups in total. The smallest absolute Gasteiger partial charge is 0.226 e. The summed E-state index contributed by atoms with van der Waals surface area (Å²) in [6.07, 6.45) is 8.43. The predicted molar refractivity (Wildman–Crippen MR) is 103 cm³/mol. The Morgan fingerprint density at radius 1 is 1.12 bits per heavy atom. The molecule has 0 aliphatic heterocycles. The number of amides is 2. The fourth-order valence-corrected chi connectivity index (χ4v) is 6.20. The fourth-order valence-electron chi connectivity index (χ4n) is 5.98. The number of anilines is 1. The summed E-state index contributed by atoms with van der Waals surface area (Å²) in [5, 5.41) is 6.11. The normalized spacial score (nSPS) is 31.7. The van der Waals surface area contributed by atoms with Gasteiger partial charge in [0.15, 0.2) is 0 Å². The number of nitrogens with one attached hydrogen (secondary N) is 2. The van der Waals surface area contributed by atoms with E-state index in [9.17, 15) is 9.59 Å². The number of carbonyl (C=O) groups excluding carboxylic acids is 2. The molecule has 0 aromatic heterocycles. The number of hydrogen-bond acceptors (Lipinski definition) is 2. The summed E-state index contributed by atoms with van der Waals surface area (Å²) < 4.78 is 0. The second-order valence-electron chi connectivity index (χ2n) is 8.67. The summed E-state index contributed by atoms with van der Waals surface area (Å²) >= 11 is 6.51. The van der Waals surface area contributed by atoms with Gasteiger partial charge in [0.2, 0.25) is 11.8 Å². The number of rotatable bonds is 5. The van der Waals surface area contributed by atoms with Crippen LogP contribution in [0.5, 0.6) is 0 Å². The summed E-state index contributed by atoms with van der Waals surface area (Å²) in [4.78, 5) is 22.9. The first-order valence-electron chi connectivity index (χ1n) is 9.78. The summed E-state index contributed by atoms with van der Waals surface area (Å²) in [5.41, 5.74) is 2.33. The van der Waals surface area contributed by atoms with Gasteiger partial charge in [0.25, 0.3) is 0 Å². The third kappa shape index (κ3) is 3.48. The van der Waals surface area contributed by atoms with Crippen LogP contribution in [0.25, 0.3) is 0 Å². The Hall–Kier alpha value is -1.55. The lowest BCUT2D eigenvalue weighted by molar-refractivity contribution is -0.119. The Labute approximate surface area is 160 Å². The van der Waals surface area contributed by atoms with Crippen molar-refractivity contribution in [3.63, 3.8) is 0 Å². The second-order valence-corrected chi connectivity index (χ2v) is 9.08. The van der Waals surface area contributed by atoms with Gasteiger partial charge in [-0.3, -0.25) is 9.59 Å². The van der Waals surface area contributed by atoms with Crippen LogP contribution in [0, 0.1) is 17.8 Å². The van der Waals surface area contributed by atoms with Crippen LogP contribution in [0.3, 0.4) is 0 Å². The minimum atomic E-state index is -0.136. The van der Waals surface area contributed by atoms with Gasteiger partial charge in [-0.1, -0.05) is 17.7 Å². The molecule has 140 valence electrons. The SMILES string of the molecule is CC(=O)NCCC(=O)Nc1ccc(C23CC4CC(CC(C4)C2)C3)cc1Cl. The fraction of sp³-hybridized carbons (Fsp3) is 0.619. The van der Waals surface area contributed by atoms with Gasteiger partial charge < -0.3 is 10.6 Å². The van der Waals surface area contributed by atoms with Crippen LogP contribution >= 0.6 is 11.6 Å². The minimum Gasteiger partial charge on any atom is -0.356 e. The van der Waals surface area contributed by atoms with Gasteiger partial charge >= 0.3 is 0 Å². The average molecular weight is 375 g/mol. The summed E-state index contributed by atoms with van der Waals surface area (Å²) in [7, 11) is 0. The Balaban J connectivity index is 1.45. The van der Waals surface area contributed by atoms with Gasteiger partial charge in [0.1, 0.15) is 0 Å². The first-order chi connectivity index (χ1) is 12.4. The average Bonchev–Trinajstić information content (AvgIpc) is 2.55. The van der Waals surface area contributed by atoms with Crippen LogP contribution in [0.15, 0.2) is 18.2 Å². The quantitative estimate of drug-likeness (QED) is 0.808. The zero-order valence-corrected chi connectivity index (χ0v) is 16.1. The Bertz CT molecular complexity index is 695. The molecule has 4 fully saturated rings. The van der Waals surface area contributed by atoms with E-state index in [-0.39, 0.29) is 18.2 Å². The molecule has 0 heterocycles. The standard InChI is InChI=1S/C21H27ClN2O2/c1-13(25)23-5-4-20(26)24-19-3-2-17(9-18(19)22)21-10-14-6-15(11-21)8-16(7-14)12-21/h2-3,9,14-16H,4-8,10-12H2,1H3,(H,23,25)(H,24,26). The Morgan fingerprint density at radius 3 is 2.27 bits per heavy atom. The highest BCUT2D eigenvalue weighted by Gasteiger charge is 2.51. The highest BCUT2D eigenvalue weighted by atomic mass is 35.5. The molecule has 4 nitrogen and oxygen atoms in total. The molecule has 0 radical (unpaired) electrons. The van der Waals surface area contributed by atoms with Crippen molar-refractivity contribution in [3.05, 3.63) is 28.8 Å². The van der Waals surface area contributed by atoms with E-state index in [1.165, 1.54) is 51.0 Å². The van der Waals surface area contributed by atoms with Crippen molar-refractivity contribution in [1.82, 2.24) is 5.32 Å². The van der Waals surface area contributed by atoms with E-state index in [4.69, 9.17) is 11.6 Å². The summed E-state index contributed by atoms with van der Waals surface area (Å²) in [5.74, 6) is 2.42. The zero-order chi connectivity index (χ0) is 18.3. The molecule has 4 bridgehead atoms. The predicted octanol–water partition coefficient (Wildman–Crippen LogP) is 4.27. The van der Waals surface area contributed by atoms with Gasteiger partial charge in [-0.05, 0) is 79.4 Å². The molecule has 4 aliphatic rings. The van der Waals surface area contributed by atoms with Crippen molar-refractivity contribution in [2.45, 2.75) is 57.3 Å². The molecule has 26 heavy (non-hydrogen) atoms. The number of halogens is 1. The molecular weight excluding hydrogens is 348 g/mol. The molecule has 5 heteroatoms. The molecule has 0 saturated heterocycles. The zero-order valence-electron chi connectivity index (χ0n) is 15.3. The summed E-state index contributed by atoms with van der Waals surface area (Å²) in [6, 6.07) is 6.20. The highest BCUT2D eigenvalue weighted by molar-refractivity contribution is 6.33. The molecular formula is C21H27ClN2O2. The van der Waals surface area contributed by atoms with Gasteiger partial charge in [-0.2, -0.15) is 0 Å². The Morgan fingerprint density at radius 2 is 1.73 bits per heavy atom. The molecule has 5 rings (SSSR count). The number of hydrogen-bond donors (Lipinski definition) is 2. The molecule has 1 aromatic carbocycles. The van der Waals surface area contributed by atoms with Crippen molar-refractivity contribution in [2.24, 2.45) is 17.8 Å². The third-order valence-electron chi connectivity index (χ3n) is 6.62.